The predicted molar refractivity (Wildman–Crippen MR) is 76.6 cm³/mol. The highest BCUT2D eigenvalue weighted by atomic mass is 32.2. The van der Waals surface area contributed by atoms with E-state index in [1.54, 1.807) is 0 Å². The van der Waals surface area contributed by atoms with Crippen molar-refractivity contribution in [2.24, 2.45) is 0 Å². The fourth-order valence-electron chi connectivity index (χ4n) is 1.85. The second-order valence-electron chi connectivity index (χ2n) is 4.27. The maximum Gasteiger partial charge on any atom is 0.108 e. The van der Waals surface area contributed by atoms with Crippen LogP contribution in [0.2, 0.25) is 0 Å². The Kier molecular flexibility index (Phi) is 4.92. The molecular formula is C14H20N2S. The molecule has 0 spiro atoms. The van der Waals surface area contributed by atoms with E-state index in [1.807, 2.05) is 23.9 Å². The van der Waals surface area contributed by atoms with Gasteiger partial charge in [-0.1, -0.05) is 31.9 Å². The average Bonchev–Trinajstić information content (AvgIpc) is 2.76. The van der Waals surface area contributed by atoms with Crippen LogP contribution >= 0.6 is 11.8 Å². The van der Waals surface area contributed by atoms with Crippen LogP contribution in [-0.2, 0) is 6.42 Å². The molecule has 0 radical (unpaired) electrons. The first-order valence-corrected chi connectivity index (χ1v) is 7.57. The van der Waals surface area contributed by atoms with Crippen LogP contribution < -0.4 is 0 Å². The number of nitrogens with zero attached hydrogens (tertiary/aromatic N) is 1. The molecule has 1 aromatic carbocycles. The smallest absolute Gasteiger partial charge is 0.108 e. The Morgan fingerprint density at radius 2 is 2.06 bits per heavy atom. The maximum absolute atomic E-state index is 4.58. The molecule has 3 heteroatoms. The Morgan fingerprint density at radius 3 is 2.88 bits per heavy atom. The average molecular weight is 248 g/mol. The van der Waals surface area contributed by atoms with Gasteiger partial charge in [0.1, 0.15) is 5.82 Å². The van der Waals surface area contributed by atoms with Crippen molar-refractivity contribution in [3.8, 4) is 0 Å². The van der Waals surface area contributed by atoms with Crippen molar-refractivity contribution in [1.82, 2.24) is 9.97 Å². The first kappa shape index (κ1) is 12.5. The first-order valence-electron chi connectivity index (χ1n) is 6.41. The number of aryl methyl sites for hydroxylation is 1. The van der Waals surface area contributed by atoms with E-state index in [9.17, 15) is 0 Å². The summed E-state index contributed by atoms with van der Waals surface area (Å²) in [6.07, 6.45) is 5.06. The van der Waals surface area contributed by atoms with Gasteiger partial charge in [-0.3, -0.25) is 0 Å². The van der Waals surface area contributed by atoms with Crippen molar-refractivity contribution in [3.63, 3.8) is 0 Å². The summed E-state index contributed by atoms with van der Waals surface area (Å²) < 4.78 is 0. The quantitative estimate of drug-likeness (QED) is 0.749. The Hall–Kier alpha value is -0.960. The molecule has 0 saturated carbocycles. The van der Waals surface area contributed by atoms with Crippen LogP contribution in [0.3, 0.4) is 0 Å². The monoisotopic (exact) mass is 248 g/mol. The van der Waals surface area contributed by atoms with Gasteiger partial charge in [0.25, 0.3) is 0 Å². The summed E-state index contributed by atoms with van der Waals surface area (Å²) in [4.78, 5) is 7.95. The highest BCUT2D eigenvalue weighted by Crippen LogP contribution is 2.13. The van der Waals surface area contributed by atoms with Crippen LogP contribution in [0.4, 0.5) is 0 Å². The Balaban J connectivity index is 1.75. The lowest BCUT2D eigenvalue weighted by molar-refractivity contribution is 0.778. The molecule has 17 heavy (non-hydrogen) atoms. The van der Waals surface area contributed by atoms with Gasteiger partial charge in [0.15, 0.2) is 0 Å². The summed E-state index contributed by atoms with van der Waals surface area (Å²) in [5.41, 5.74) is 2.23. The molecular weight excluding hydrogens is 228 g/mol. The maximum atomic E-state index is 4.58. The number of rotatable bonds is 7. The number of aromatic amines is 1. The molecule has 2 rings (SSSR count). The molecule has 1 N–H and O–H groups in total. The zero-order valence-electron chi connectivity index (χ0n) is 10.4. The lowest BCUT2D eigenvalue weighted by atomic mass is 10.3. The molecule has 2 aromatic rings. The SMILES string of the molecule is CCCCCSCCc1nc2ccccc2[nH]1. The van der Waals surface area contributed by atoms with Gasteiger partial charge in [0.2, 0.25) is 0 Å². The summed E-state index contributed by atoms with van der Waals surface area (Å²) in [5, 5.41) is 0. The number of para-hydroxylation sites is 2. The molecule has 0 fully saturated rings. The zero-order valence-corrected chi connectivity index (χ0v) is 11.2. The standard InChI is InChI=1S/C14H20N2S/c1-2-3-6-10-17-11-9-14-15-12-7-4-5-8-13(12)16-14/h4-5,7-8H,2-3,6,9-11H2,1H3,(H,15,16). The topological polar surface area (TPSA) is 28.7 Å². The third-order valence-electron chi connectivity index (χ3n) is 2.81. The fourth-order valence-corrected chi connectivity index (χ4v) is 2.80. The van der Waals surface area contributed by atoms with Gasteiger partial charge < -0.3 is 4.98 Å². The number of benzene rings is 1. The van der Waals surface area contributed by atoms with Crippen molar-refractivity contribution >= 4 is 22.8 Å². The van der Waals surface area contributed by atoms with E-state index in [0.29, 0.717) is 0 Å². The fraction of sp³-hybridized carbons (Fsp3) is 0.500. The van der Waals surface area contributed by atoms with Gasteiger partial charge in [-0.15, -0.1) is 0 Å². The van der Waals surface area contributed by atoms with Crippen molar-refractivity contribution in [2.45, 2.75) is 32.6 Å². The summed E-state index contributed by atoms with van der Waals surface area (Å²) in [6, 6.07) is 8.22. The lowest BCUT2D eigenvalue weighted by Crippen LogP contribution is -1.92. The van der Waals surface area contributed by atoms with E-state index in [2.05, 4.69) is 29.0 Å². The molecule has 1 heterocycles. The minimum Gasteiger partial charge on any atom is -0.342 e. The number of thioether (sulfide) groups is 1. The number of aromatic nitrogens is 2. The molecule has 0 aliphatic rings. The number of unbranched alkanes of at least 4 members (excludes halogenated alkanes) is 2. The highest BCUT2D eigenvalue weighted by molar-refractivity contribution is 7.99. The second kappa shape index (κ2) is 6.70. The van der Waals surface area contributed by atoms with Crippen LogP contribution in [0.1, 0.15) is 32.0 Å². The molecule has 0 unspecified atom stereocenters. The summed E-state index contributed by atoms with van der Waals surface area (Å²) in [7, 11) is 0. The molecule has 2 nitrogen and oxygen atoms in total. The molecule has 0 amide bonds. The van der Waals surface area contributed by atoms with Gasteiger partial charge in [-0.25, -0.2) is 4.98 Å². The van der Waals surface area contributed by atoms with Gasteiger partial charge in [-0.05, 0) is 24.3 Å². The van der Waals surface area contributed by atoms with Crippen LogP contribution in [0.25, 0.3) is 11.0 Å². The number of hydrogen-bond donors (Lipinski definition) is 1. The number of fused-ring (bicyclic) bond motifs is 1. The van der Waals surface area contributed by atoms with Gasteiger partial charge >= 0.3 is 0 Å². The van der Waals surface area contributed by atoms with Crippen molar-refractivity contribution in [2.75, 3.05) is 11.5 Å². The third kappa shape index (κ3) is 3.77. The third-order valence-corrected chi connectivity index (χ3v) is 3.88. The molecule has 1 aromatic heterocycles. The largest absolute Gasteiger partial charge is 0.342 e. The highest BCUT2D eigenvalue weighted by Gasteiger charge is 2.01. The van der Waals surface area contributed by atoms with Crippen LogP contribution in [0, 0.1) is 0 Å². The van der Waals surface area contributed by atoms with E-state index in [4.69, 9.17) is 0 Å². The lowest BCUT2D eigenvalue weighted by Gasteiger charge is -1.98. The van der Waals surface area contributed by atoms with Gasteiger partial charge in [0, 0.05) is 12.2 Å². The Bertz CT molecular complexity index is 417. The van der Waals surface area contributed by atoms with Crippen molar-refractivity contribution in [1.29, 1.82) is 0 Å². The van der Waals surface area contributed by atoms with E-state index in [1.165, 1.54) is 30.8 Å². The van der Waals surface area contributed by atoms with Crippen molar-refractivity contribution in [3.05, 3.63) is 30.1 Å². The predicted octanol–water partition coefficient (Wildman–Crippen LogP) is 4.03. The Labute approximate surface area is 107 Å². The normalized spacial score (nSPS) is 11.1. The molecule has 0 atom stereocenters. The molecule has 0 aliphatic heterocycles. The van der Waals surface area contributed by atoms with E-state index < -0.39 is 0 Å². The summed E-state index contributed by atoms with van der Waals surface area (Å²) >= 11 is 2.04. The second-order valence-corrected chi connectivity index (χ2v) is 5.49. The molecule has 0 saturated heterocycles. The van der Waals surface area contributed by atoms with Crippen LogP contribution in [0.15, 0.2) is 24.3 Å². The Morgan fingerprint density at radius 1 is 1.18 bits per heavy atom. The number of nitrogens with one attached hydrogen (secondary N) is 1. The van der Waals surface area contributed by atoms with Crippen molar-refractivity contribution < 1.29 is 0 Å². The van der Waals surface area contributed by atoms with Gasteiger partial charge in [0.05, 0.1) is 11.0 Å². The summed E-state index contributed by atoms with van der Waals surface area (Å²) in [5.74, 6) is 3.58. The number of H-pyrrole nitrogens is 1. The minimum atomic E-state index is 1.05. The minimum absolute atomic E-state index is 1.05. The van der Waals surface area contributed by atoms with E-state index in [-0.39, 0.29) is 0 Å². The van der Waals surface area contributed by atoms with Crippen LogP contribution in [-0.4, -0.2) is 21.5 Å². The van der Waals surface area contributed by atoms with E-state index >= 15 is 0 Å². The first-order chi connectivity index (χ1) is 8.40. The molecule has 0 bridgehead atoms. The molecule has 92 valence electrons. The number of hydrogen-bond acceptors (Lipinski definition) is 2. The van der Waals surface area contributed by atoms with E-state index in [0.717, 1.165) is 23.3 Å². The van der Waals surface area contributed by atoms with Crippen LogP contribution in [0.5, 0.6) is 0 Å². The molecule has 0 aliphatic carbocycles. The number of imidazole rings is 1. The van der Waals surface area contributed by atoms with Gasteiger partial charge in [-0.2, -0.15) is 11.8 Å². The zero-order chi connectivity index (χ0) is 11.9. The summed E-state index contributed by atoms with van der Waals surface area (Å²) in [6.45, 7) is 2.25.